The average molecular weight is 328 g/mol. The molecule has 0 bridgehead atoms. The van der Waals surface area contributed by atoms with Gasteiger partial charge in [-0.15, -0.1) is 36.2 Å². The first-order valence-corrected chi connectivity index (χ1v) is 6.62. The van der Waals surface area contributed by atoms with Crippen molar-refractivity contribution in [3.63, 3.8) is 0 Å². The molecule has 112 valence electrons. The van der Waals surface area contributed by atoms with Gasteiger partial charge in [0.2, 0.25) is 5.91 Å². The second-order valence-corrected chi connectivity index (χ2v) is 6.20. The predicted octanol–water partition coefficient (Wildman–Crippen LogP) is 2.77. The van der Waals surface area contributed by atoms with E-state index >= 15 is 0 Å². The van der Waals surface area contributed by atoms with Crippen molar-refractivity contribution in [2.75, 3.05) is 0 Å². The fourth-order valence-corrected chi connectivity index (χ4v) is 2.29. The van der Waals surface area contributed by atoms with Gasteiger partial charge in [0.05, 0.1) is 5.54 Å². The maximum absolute atomic E-state index is 11.8. The van der Waals surface area contributed by atoms with Crippen LogP contribution >= 0.6 is 36.2 Å². The number of hydrogen-bond acceptors (Lipinski definition) is 4. The van der Waals surface area contributed by atoms with Gasteiger partial charge in [-0.05, 0) is 34.1 Å². The molecule has 19 heavy (non-hydrogen) atoms. The van der Waals surface area contributed by atoms with E-state index in [0.29, 0.717) is 12.8 Å². The van der Waals surface area contributed by atoms with Gasteiger partial charge in [0, 0.05) is 23.5 Å². The van der Waals surface area contributed by atoms with E-state index in [1.165, 1.54) is 0 Å². The highest BCUT2D eigenvalue weighted by atomic mass is 35.5. The van der Waals surface area contributed by atoms with E-state index in [-0.39, 0.29) is 36.8 Å². The Kier molecular flexibility index (Phi) is 9.64. The van der Waals surface area contributed by atoms with E-state index in [9.17, 15) is 4.79 Å². The minimum Gasteiger partial charge on any atom is -0.345 e. The lowest BCUT2D eigenvalue weighted by Gasteiger charge is -2.24. The van der Waals surface area contributed by atoms with E-state index in [1.54, 1.807) is 11.3 Å². The Morgan fingerprint density at radius 3 is 2.53 bits per heavy atom. The predicted molar refractivity (Wildman–Crippen MR) is 85.4 cm³/mol. The molecular weight excluding hydrogens is 305 g/mol. The van der Waals surface area contributed by atoms with Crippen LogP contribution in [0.4, 0.5) is 0 Å². The van der Waals surface area contributed by atoms with Crippen LogP contribution in [0.1, 0.15) is 43.5 Å². The van der Waals surface area contributed by atoms with Gasteiger partial charge in [-0.25, -0.2) is 4.98 Å². The van der Waals surface area contributed by atoms with E-state index in [2.05, 4.69) is 10.3 Å². The first-order chi connectivity index (χ1) is 7.81. The van der Waals surface area contributed by atoms with Gasteiger partial charge >= 0.3 is 0 Å². The Balaban J connectivity index is 0. The lowest BCUT2D eigenvalue weighted by molar-refractivity contribution is -0.122. The van der Waals surface area contributed by atoms with E-state index < -0.39 is 5.54 Å². The zero-order valence-electron chi connectivity index (χ0n) is 11.7. The summed E-state index contributed by atoms with van der Waals surface area (Å²) in [5.74, 6) is 0.0279. The molecule has 0 saturated heterocycles. The monoisotopic (exact) mass is 327 g/mol. The average Bonchev–Trinajstić information content (AvgIpc) is 2.62. The minimum atomic E-state index is -0.409. The lowest BCUT2D eigenvalue weighted by atomic mass is 10.1. The van der Waals surface area contributed by atoms with Crippen LogP contribution in [0.2, 0.25) is 0 Å². The molecule has 0 aliphatic rings. The number of carbonyl (C=O) groups is 1. The summed E-state index contributed by atoms with van der Waals surface area (Å²) in [6.07, 6.45) is 3.00. The van der Waals surface area contributed by atoms with Crippen LogP contribution in [0.25, 0.3) is 0 Å². The summed E-state index contributed by atoms with van der Waals surface area (Å²) in [4.78, 5) is 17.2. The summed E-state index contributed by atoms with van der Waals surface area (Å²) in [7, 11) is 0. The molecule has 0 spiro atoms. The second kappa shape index (κ2) is 8.74. The van der Waals surface area contributed by atoms with E-state index in [0.717, 1.165) is 9.88 Å². The Morgan fingerprint density at radius 1 is 1.53 bits per heavy atom. The zero-order chi connectivity index (χ0) is 13.1. The summed E-state index contributed by atoms with van der Waals surface area (Å²) in [6, 6.07) is 0.0611. The van der Waals surface area contributed by atoms with Gasteiger partial charge in [0.25, 0.3) is 0 Å². The number of nitrogens with one attached hydrogen (secondary N) is 1. The Morgan fingerprint density at radius 2 is 2.11 bits per heavy atom. The molecule has 1 aromatic heterocycles. The van der Waals surface area contributed by atoms with Crippen LogP contribution < -0.4 is 11.1 Å². The van der Waals surface area contributed by atoms with Crippen LogP contribution in [0, 0.1) is 6.92 Å². The fraction of sp³-hybridized carbons (Fsp3) is 0.667. The second-order valence-electron chi connectivity index (χ2n) is 4.97. The number of aromatic nitrogens is 1. The van der Waals surface area contributed by atoms with E-state index in [1.807, 2.05) is 33.9 Å². The number of halogens is 2. The Labute approximate surface area is 131 Å². The molecule has 0 aromatic carbocycles. The molecule has 7 heteroatoms. The van der Waals surface area contributed by atoms with Crippen molar-refractivity contribution in [3.05, 3.63) is 16.1 Å². The van der Waals surface area contributed by atoms with Crippen molar-refractivity contribution in [2.45, 2.75) is 52.1 Å². The van der Waals surface area contributed by atoms with Crippen molar-refractivity contribution in [2.24, 2.45) is 5.73 Å². The smallest absolute Gasteiger partial charge is 0.220 e. The SMILES string of the molecule is Cc1cnc(C(C)(C)NC(=O)CCC(C)N)s1.Cl.Cl. The topological polar surface area (TPSA) is 68.0 Å². The molecule has 0 aliphatic carbocycles. The number of hydrogen-bond donors (Lipinski definition) is 2. The van der Waals surface area contributed by atoms with Gasteiger partial charge in [-0.1, -0.05) is 0 Å². The molecule has 4 nitrogen and oxygen atoms in total. The molecule has 0 saturated carbocycles. The highest BCUT2D eigenvalue weighted by Crippen LogP contribution is 2.24. The van der Waals surface area contributed by atoms with Gasteiger partial charge in [0.15, 0.2) is 0 Å². The molecule has 0 fully saturated rings. The van der Waals surface area contributed by atoms with Crippen molar-refractivity contribution in [1.82, 2.24) is 10.3 Å². The number of nitrogens with two attached hydrogens (primary N) is 1. The van der Waals surface area contributed by atoms with Gasteiger partial charge < -0.3 is 11.1 Å². The van der Waals surface area contributed by atoms with Crippen LogP contribution in [0.3, 0.4) is 0 Å². The highest BCUT2D eigenvalue weighted by Gasteiger charge is 2.25. The van der Waals surface area contributed by atoms with Crippen molar-refractivity contribution < 1.29 is 4.79 Å². The molecule has 1 rings (SSSR count). The molecule has 3 N–H and O–H groups in total. The maximum atomic E-state index is 11.8. The van der Waals surface area contributed by atoms with Crippen LogP contribution in [0.5, 0.6) is 0 Å². The highest BCUT2D eigenvalue weighted by molar-refractivity contribution is 7.11. The minimum absolute atomic E-state index is 0. The first kappa shape index (κ1) is 20.9. The number of carbonyl (C=O) groups excluding carboxylic acids is 1. The van der Waals surface area contributed by atoms with E-state index in [4.69, 9.17) is 5.73 Å². The Hall–Kier alpha value is -0.360. The number of amides is 1. The molecular formula is C12H23Cl2N3OS. The molecule has 0 radical (unpaired) electrons. The zero-order valence-corrected chi connectivity index (χ0v) is 14.2. The molecule has 1 atom stereocenters. The number of nitrogens with zero attached hydrogens (tertiary/aromatic N) is 1. The summed E-state index contributed by atoms with van der Waals surface area (Å²) in [5, 5.41) is 3.93. The normalized spacial score (nSPS) is 12.1. The summed E-state index contributed by atoms with van der Waals surface area (Å²) >= 11 is 1.61. The van der Waals surface area contributed by atoms with Gasteiger partial charge in [-0.3, -0.25) is 4.79 Å². The first-order valence-electron chi connectivity index (χ1n) is 5.81. The van der Waals surface area contributed by atoms with Crippen molar-refractivity contribution >= 4 is 42.1 Å². The number of thiazole rings is 1. The number of rotatable bonds is 5. The third-order valence-corrected chi connectivity index (χ3v) is 3.67. The summed E-state index contributed by atoms with van der Waals surface area (Å²) in [6.45, 7) is 7.85. The maximum Gasteiger partial charge on any atom is 0.220 e. The fourth-order valence-electron chi connectivity index (χ4n) is 1.47. The third kappa shape index (κ3) is 7.11. The van der Waals surface area contributed by atoms with Gasteiger partial charge in [0.1, 0.15) is 5.01 Å². The Bertz CT molecular complexity index is 394. The largest absolute Gasteiger partial charge is 0.345 e. The summed E-state index contributed by atoms with van der Waals surface area (Å²) in [5.41, 5.74) is 5.22. The molecule has 1 unspecified atom stereocenters. The van der Waals surface area contributed by atoms with Crippen LogP contribution in [0.15, 0.2) is 6.20 Å². The molecule has 0 aliphatic heterocycles. The summed E-state index contributed by atoms with van der Waals surface area (Å²) < 4.78 is 0. The van der Waals surface area contributed by atoms with Crippen LogP contribution in [-0.4, -0.2) is 16.9 Å². The number of aryl methyl sites for hydroxylation is 1. The molecule has 1 amide bonds. The standard InChI is InChI=1S/C12H21N3OS.2ClH/c1-8(13)5-6-10(16)15-12(3,4)11-14-7-9(2)17-11;;/h7-8H,5-6,13H2,1-4H3,(H,15,16);2*1H. The van der Waals surface area contributed by atoms with Gasteiger partial charge in [-0.2, -0.15) is 0 Å². The third-order valence-electron chi connectivity index (χ3n) is 2.43. The van der Waals surface area contributed by atoms with Crippen molar-refractivity contribution in [1.29, 1.82) is 0 Å². The molecule has 1 heterocycles. The lowest BCUT2D eigenvalue weighted by Crippen LogP contribution is -2.41. The van der Waals surface area contributed by atoms with Crippen molar-refractivity contribution in [3.8, 4) is 0 Å². The van der Waals surface area contributed by atoms with Crippen LogP contribution in [-0.2, 0) is 10.3 Å². The quantitative estimate of drug-likeness (QED) is 0.873. The molecule has 1 aromatic rings.